The van der Waals surface area contributed by atoms with Crippen molar-refractivity contribution in [2.75, 3.05) is 11.5 Å². The minimum absolute atomic E-state index is 0.218. The van der Waals surface area contributed by atoms with Gasteiger partial charge in [-0.2, -0.15) is 16.9 Å². The van der Waals surface area contributed by atoms with Crippen LogP contribution >= 0.6 is 11.8 Å². The van der Waals surface area contributed by atoms with Gasteiger partial charge >= 0.3 is 0 Å². The van der Waals surface area contributed by atoms with Gasteiger partial charge in [0, 0.05) is 16.9 Å². The molecule has 1 fully saturated rings. The SMILES string of the molecule is Cc1ccc(C)c(N=Nc2c(O)n(C3CSC3)c3ccccc23)c1. The van der Waals surface area contributed by atoms with Gasteiger partial charge in [0.1, 0.15) is 0 Å². The second-order valence-corrected chi connectivity index (χ2v) is 7.32. The van der Waals surface area contributed by atoms with E-state index in [1.54, 1.807) is 0 Å². The number of hydrogen-bond acceptors (Lipinski definition) is 4. The molecule has 0 unspecified atom stereocenters. The Bertz CT molecular complexity index is 941. The van der Waals surface area contributed by atoms with Gasteiger partial charge in [0.2, 0.25) is 5.88 Å². The summed E-state index contributed by atoms with van der Waals surface area (Å²) in [6.45, 7) is 4.05. The maximum Gasteiger partial charge on any atom is 0.221 e. The first-order chi connectivity index (χ1) is 11.6. The molecule has 4 nitrogen and oxygen atoms in total. The Morgan fingerprint density at radius 2 is 1.88 bits per heavy atom. The molecular formula is C19H19N3OS. The topological polar surface area (TPSA) is 49.9 Å². The minimum atomic E-state index is 0.218. The number of rotatable bonds is 3. The summed E-state index contributed by atoms with van der Waals surface area (Å²) in [5.41, 5.74) is 4.64. The van der Waals surface area contributed by atoms with E-state index in [1.165, 1.54) is 0 Å². The predicted octanol–water partition coefficient (Wildman–Crippen LogP) is 5.67. The predicted molar refractivity (Wildman–Crippen MR) is 100 cm³/mol. The van der Waals surface area contributed by atoms with Crippen molar-refractivity contribution >= 4 is 34.0 Å². The molecule has 1 aliphatic heterocycles. The van der Waals surface area contributed by atoms with Crippen molar-refractivity contribution in [2.24, 2.45) is 10.2 Å². The number of benzene rings is 2. The lowest BCUT2D eigenvalue weighted by Gasteiger charge is -2.27. The van der Waals surface area contributed by atoms with E-state index in [2.05, 4.69) is 16.3 Å². The highest BCUT2D eigenvalue weighted by molar-refractivity contribution is 8.00. The monoisotopic (exact) mass is 337 g/mol. The van der Waals surface area contributed by atoms with Crippen LogP contribution in [0, 0.1) is 13.8 Å². The van der Waals surface area contributed by atoms with Gasteiger partial charge in [0.05, 0.1) is 17.2 Å². The molecule has 1 aromatic heterocycles. The second-order valence-electron chi connectivity index (χ2n) is 6.24. The highest BCUT2D eigenvalue weighted by Crippen LogP contribution is 2.44. The van der Waals surface area contributed by atoms with E-state index in [9.17, 15) is 5.11 Å². The van der Waals surface area contributed by atoms with Crippen LogP contribution in [-0.4, -0.2) is 21.2 Å². The van der Waals surface area contributed by atoms with Crippen molar-refractivity contribution in [3.05, 3.63) is 53.6 Å². The van der Waals surface area contributed by atoms with Crippen LogP contribution in [0.15, 0.2) is 52.7 Å². The average Bonchev–Trinajstić information content (AvgIpc) is 2.80. The molecule has 1 aliphatic rings. The van der Waals surface area contributed by atoms with Crippen molar-refractivity contribution in [2.45, 2.75) is 19.9 Å². The molecule has 2 aromatic carbocycles. The Hall–Kier alpha value is -2.27. The molecule has 0 bridgehead atoms. The molecule has 0 atom stereocenters. The molecule has 0 amide bonds. The minimum Gasteiger partial charge on any atom is -0.493 e. The first kappa shape index (κ1) is 15.3. The molecule has 0 aliphatic carbocycles. The van der Waals surface area contributed by atoms with Crippen molar-refractivity contribution in [1.29, 1.82) is 0 Å². The van der Waals surface area contributed by atoms with Crippen LogP contribution in [0.5, 0.6) is 5.88 Å². The molecule has 1 saturated heterocycles. The highest BCUT2D eigenvalue weighted by Gasteiger charge is 2.27. The number of aromatic nitrogens is 1. The maximum atomic E-state index is 10.7. The van der Waals surface area contributed by atoms with E-state index >= 15 is 0 Å². The zero-order valence-electron chi connectivity index (χ0n) is 13.7. The molecule has 5 heteroatoms. The van der Waals surface area contributed by atoms with Crippen molar-refractivity contribution in [1.82, 2.24) is 4.57 Å². The molecule has 24 heavy (non-hydrogen) atoms. The first-order valence-corrected chi connectivity index (χ1v) is 9.19. The van der Waals surface area contributed by atoms with Crippen molar-refractivity contribution in [3.63, 3.8) is 0 Å². The summed E-state index contributed by atoms with van der Waals surface area (Å²) >= 11 is 1.89. The fourth-order valence-electron chi connectivity index (χ4n) is 3.00. The van der Waals surface area contributed by atoms with E-state index in [-0.39, 0.29) is 5.88 Å². The standard InChI is InChI=1S/C19H19N3OS/c1-12-7-8-13(2)16(9-12)20-21-18-15-5-3-4-6-17(15)22(19(18)23)14-10-24-11-14/h3-9,14,23H,10-11H2,1-2H3. The fourth-order valence-corrected chi connectivity index (χ4v) is 3.75. The van der Waals surface area contributed by atoms with Crippen molar-refractivity contribution < 1.29 is 5.11 Å². The van der Waals surface area contributed by atoms with Crippen LogP contribution in [-0.2, 0) is 0 Å². The molecule has 0 saturated carbocycles. The number of aromatic hydroxyl groups is 1. The third kappa shape index (κ3) is 2.49. The van der Waals surface area contributed by atoms with Crippen LogP contribution < -0.4 is 0 Å². The van der Waals surface area contributed by atoms with Crippen LogP contribution in [0.2, 0.25) is 0 Å². The Morgan fingerprint density at radius 3 is 2.62 bits per heavy atom. The number of para-hydroxylation sites is 1. The molecule has 122 valence electrons. The number of fused-ring (bicyclic) bond motifs is 1. The molecule has 0 spiro atoms. The zero-order valence-corrected chi connectivity index (χ0v) is 14.5. The van der Waals surface area contributed by atoms with Gasteiger partial charge in [-0.1, -0.05) is 30.3 Å². The number of azo groups is 1. The Balaban J connectivity index is 1.83. The number of aryl methyl sites for hydroxylation is 2. The summed E-state index contributed by atoms with van der Waals surface area (Å²) < 4.78 is 2.00. The van der Waals surface area contributed by atoms with Gasteiger partial charge in [-0.15, -0.1) is 5.11 Å². The smallest absolute Gasteiger partial charge is 0.221 e. The average molecular weight is 337 g/mol. The van der Waals surface area contributed by atoms with E-state index in [0.717, 1.165) is 39.2 Å². The number of hydrogen-bond donors (Lipinski definition) is 1. The van der Waals surface area contributed by atoms with Crippen LogP contribution in [0.1, 0.15) is 17.2 Å². The molecule has 1 N–H and O–H groups in total. The van der Waals surface area contributed by atoms with Crippen LogP contribution in [0.3, 0.4) is 0 Å². The van der Waals surface area contributed by atoms with E-state index in [0.29, 0.717) is 11.7 Å². The first-order valence-electron chi connectivity index (χ1n) is 8.04. The number of nitrogens with zero attached hydrogens (tertiary/aromatic N) is 3. The van der Waals surface area contributed by atoms with Gasteiger partial charge in [0.15, 0.2) is 5.69 Å². The Morgan fingerprint density at radius 1 is 1.08 bits per heavy atom. The normalized spacial score (nSPS) is 15.2. The van der Waals surface area contributed by atoms with Gasteiger partial charge in [-0.05, 0) is 37.1 Å². The third-order valence-electron chi connectivity index (χ3n) is 4.47. The lowest BCUT2D eigenvalue weighted by Crippen LogP contribution is -2.22. The Kier molecular flexibility index (Phi) is 3.81. The summed E-state index contributed by atoms with van der Waals surface area (Å²) in [6, 6.07) is 14.4. The highest BCUT2D eigenvalue weighted by atomic mass is 32.2. The van der Waals surface area contributed by atoms with Gasteiger partial charge in [0.25, 0.3) is 0 Å². The van der Waals surface area contributed by atoms with Crippen molar-refractivity contribution in [3.8, 4) is 5.88 Å². The van der Waals surface area contributed by atoms with E-state index in [4.69, 9.17) is 0 Å². The maximum absolute atomic E-state index is 10.7. The summed E-state index contributed by atoms with van der Waals surface area (Å²) in [5, 5.41) is 20.5. The van der Waals surface area contributed by atoms with Gasteiger partial charge in [-0.3, -0.25) is 0 Å². The molecule has 3 aromatic rings. The van der Waals surface area contributed by atoms with E-state index < -0.39 is 0 Å². The second kappa shape index (κ2) is 5.98. The van der Waals surface area contributed by atoms with E-state index in [1.807, 2.05) is 66.6 Å². The summed E-state index contributed by atoms with van der Waals surface area (Å²) in [5.74, 6) is 2.27. The molecule has 0 radical (unpaired) electrons. The lowest BCUT2D eigenvalue weighted by molar-refractivity contribution is 0.406. The summed E-state index contributed by atoms with van der Waals surface area (Å²) in [4.78, 5) is 0. The Labute approximate surface area is 145 Å². The summed E-state index contributed by atoms with van der Waals surface area (Å²) in [6.07, 6.45) is 0. The number of thioether (sulfide) groups is 1. The van der Waals surface area contributed by atoms with Crippen LogP contribution in [0.25, 0.3) is 10.9 Å². The fraction of sp³-hybridized carbons (Fsp3) is 0.263. The third-order valence-corrected chi connectivity index (χ3v) is 5.71. The quantitative estimate of drug-likeness (QED) is 0.626. The zero-order chi connectivity index (χ0) is 16.7. The molecule has 2 heterocycles. The largest absolute Gasteiger partial charge is 0.493 e. The van der Waals surface area contributed by atoms with Crippen LogP contribution in [0.4, 0.5) is 11.4 Å². The van der Waals surface area contributed by atoms with Gasteiger partial charge in [-0.25, -0.2) is 0 Å². The van der Waals surface area contributed by atoms with Gasteiger partial charge < -0.3 is 9.67 Å². The molecular weight excluding hydrogens is 318 g/mol. The lowest BCUT2D eigenvalue weighted by atomic mass is 10.1. The molecule has 4 rings (SSSR count). The summed E-state index contributed by atoms with van der Waals surface area (Å²) in [7, 11) is 0.